The lowest BCUT2D eigenvalue weighted by molar-refractivity contribution is -0.0845. The third-order valence-corrected chi connectivity index (χ3v) is 3.76. The van der Waals surface area contributed by atoms with E-state index in [9.17, 15) is 0 Å². The van der Waals surface area contributed by atoms with E-state index in [0.29, 0.717) is 12.5 Å². The SMILES string of the molecule is CC1=CC2(OCc3cnccn3)CC(=C1)C2C. The minimum atomic E-state index is -0.0916. The topological polar surface area (TPSA) is 35.0 Å². The molecule has 2 unspecified atom stereocenters. The van der Waals surface area contributed by atoms with Gasteiger partial charge in [0.15, 0.2) is 0 Å². The first kappa shape index (κ1) is 10.7. The van der Waals surface area contributed by atoms with Crippen LogP contribution in [0.5, 0.6) is 0 Å². The number of nitrogens with zero attached hydrogens (tertiary/aromatic N) is 2. The molecule has 0 saturated heterocycles. The summed E-state index contributed by atoms with van der Waals surface area (Å²) in [5, 5.41) is 0. The highest BCUT2D eigenvalue weighted by molar-refractivity contribution is 5.44. The summed E-state index contributed by atoms with van der Waals surface area (Å²) in [4.78, 5) is 8.28. The van der Waals surface area contributed by atoms with Crippen molar-refractivity contribution < 1.29 is 4.74 Å². The predicted molar refractivity (Wildman–Crippen MR) is 65.2 cm³/mol. The molecule has 2 bridgehead atoms. The van der Waals surface area contributed by atoms with Crippen LogP contribution < -0.4 is 0 Å². The Kier molecular flexibility index (Phi) is 2.37. The van der Waals surface area contributed by atoms with E-state index in [1.165, 1.54) is 11.1 Å². The summed E-state index contributed by atoms with van der Waals surface area (Å²) >= 11 is 0. The summed E-state index contributed by atoms with van der Waals surface area (Å²) in [6.07, 6.45) is 10.7. The Labute approximate surface area is 101 Å². The standard InChI is InChI=1S/C14H16N2O/c1-10-5-12-7-14(6-10,11(12)2)17-9-13-8-15-3-4-16-13/h3-6,8,11H,7,9H2,1-2H3. The van der Waals surface area contributed by atoms with Crippen molar-refractivity contribution in [1.82, 2.24) is 9.97 Å². The number of hydrogen-bond donors (Lipinski definition) is 0. The van der Waals surface area contributed by atoms with Gasteiger partial charge < -0.3 is 4.74 Å². The van der Waals surface area contributed by atoms with Crippen LogP contribution >= 0.6 is 0 Å². The Hall–Kier alpha value is -1.48. The van der Waals surface area contributed by atoms with E-state index < -0.39 is 0 Å². The summed E-state index contributed by atoms with van der Waals surface area (Å²) in [5.41, 5.74) is 3.61. The molecule has 3 heteroatoms. The van der Waals surface area contributed by atoms with Crippen LogP contribution in [-0.4, -0.2) is 15.6 Å². The maximum atomic E-state index is 6.09. The van der Waals surface area contributed by atoms with Crippen molar-refractivity contribution in [1.29, 1.82) is 0 Å². The number of rotatable bonds is 3. The molecular weight excluding hydrogens is 212 g/mol. The van der Waals surface area contributed by atoms with Gasteiger partial charge in [0, 0.05) is 24.7 Å². The first-order valence-electron chi connectivity index (χ1n) is 5.98. The van der Waals surface area contributed by atoms with Crippen LogP contribution in [0.3, 0.4) is 0 Å². The Bertz CT molecular complexity index is 492. The van der Waals surface area contributed by atoms with Crippen molar-refractivity contribution in [2.24, 2.45) is 5.92 Å². The number of fused-ring (bicyclic) bond motifs is 1. The molecule has 0 amide bonds. The molecule has 0 radical (unpaired) electrons. The van der Waals surface area contributed by atoms with E-state index in [2.05, 4.69) is 36.0 Å². The van der Waals surface area contributed by atoms with E-state index in [4.69, 9.17) is 4.74 Å². The van der Waals surface area contributed by atoms with Gasteiger partial charge in [-0.05, 0) is 13.0 Å². The molecule has 0 N–H and O–H groups in total. The van der Waals surface area contributed by atoms with Gasteiger partial charge in [0.1, 0.15) is 0 Å². The summed E-state index contributed by atoms with van der Waals surface area (Å²) in [6.45, 7) is 4.90. The number of ether oxygens (including phenoxy) is 1. The van der Waals surface area contributed by atoms with E-state index in [-0.39, 0.29) is 5.60 Å². The number of hydrogen-bond acceptors (Lipinski definition) is 3. The second kappa shape index (κ2) is 3.77. The Morgan fingerprint density at radius 3 is 3.06 bits per heavy atom. The lowest BCUT2D eigenvalue weighted by Crippen LogP contribution is -2.50. The summed E-state index contributed by atoms with van der Waals surface area (Å²) in [6, 6.07) is 0. The molecule has 3 aliphatic rings. The fraction of sp³-hybridized carbons (Fsp3) is 0.429. The van der Waals surface area contributed by atoms with Crippen molar-refractivity contribution in [3.63, 3.8) is 0 Å². The minimum Gasteiger partial charge on any atom is -0.364 e. The molecule has 17 heavy (non-hydrogen) atoms. The maximum Gasteiger partial charge on any atom is 0.0972 e. The Morgan fingerprint density at radius 1 is 1.47 bits per heavy atom. The van der Waals surface area contributed by atoms with E-state index in [0.717, 1.165) is 12.1 Å². The Morgan fingerprint density at radius 2 is 2.35 bits per heavy atom. The van der Waals surface area contributed by atoms with Gasteiger partial charge in [-0.2, -0.15) is 0 Å². The first-order valence-corrected chi connectivity index (χ1v) is 5.98. The average molecular weight is 228 g/mol. The lowest BCUT2D eigenvalue weighted by atomic mass is 9.62. The average Bonchev–Trinajstić information content (AvgIpc) is 2.36. The van der Waals surface area contributed by atoms with Gasteiger partial charge in [-0.15, -0.1) is 0 Å². The molecule has 88 valence electrons. The van der Waals surface area contributed by atoms with Crippen LogP contribution in [0.25, 0.3) is 0 Å². The molecule has 3 aliphatic carbocycles. The van der Waals surface area contributed by atoms with Crippen LogP contribution in [0.15, 0.2) is 41.9 Å². The molecule has 1 heterocycles. The highest BCUT2D eigenvalue weighted by atomic mass is 16.5. The van der Waals surface area contributed by atoms with Gasteiger partial charge in [0.25, 0.3) is 0 Å². The molecule has 2 atom stereocenters. The zero-order chi connectivity index (χ0) is 11.9. The van der Waals surface area contributed by atoms with Gasteiger partial charge in [0.05, 0.1) is 24.1 Å². The molecule has 4 rings (SSSR count). The predicted octanol–water partition coefficient (Wildman–Crippen LogP) is 2.66. The van der Waals surface area contributed by atoms with Crippen LogP contribution in [0.1, 0.15) is 26.0 Å². The van der Waals surface area contributed by atoms with Gasteiger partial charge in [-0.3, -0.25) is 9.97 Å². The number of aromatic nitrogens is 2. The molecule has 1 saturated carbocycles. The van der Waals surface area contributed by atoms with Crippen LogP contribution in [0.2, 0.25) is 0 Å². The summed E-state index contributed by atoms with van der Waals surface area (Å²) < 4.78 is 6.09. The highest BCUT2D eigenvalue weighted by Gasteiger charge is 2.49. The molecule has 1 aromatic rings. The second-order valence-corrected chi connectivity index (χ2v) is 4.95. The lowest BCUT2D eigenvalue weighted by Gasteiger charge is -2.50. The van der Waals surface area contributed by atoms with Crippen molar-refractivity contribution in [2.75, 3.05) is 0 Å². The number of allylic oxidation sites excluding steroid dienone is 2. The van der Waals surface area contributed by atoms with Crippen molar-refractivity contribution >= 4 is 0 Å². The highest BCUT2D eigenvalue weighted by Crippen LogP contribution is 2.51. The molecule has 1 aromatic heterocycles. The van der Waals surface area contributed by atoms with Gasteiger partial charge in [-0.25, -0.2) is 0 Å². The van der Waals surface area contributed by atoms with E-state index in [1.807, 2.05) is 0 Å². The summed E-state index contributed by atoms with van der Waals surface area (Å²) in [5.74, 6) is 0.503. The quantitative estimate of drug-likeness (QED) is 0.797. The fourth-order valence-electron chi connectivity index (χ4n) is 2.71. The largest absolute Gasteiger partial charge is 0.364 e. The van der Waals surface area contributed by atoms with Crippen LogP contribution in [0, 0.1) is 5.92 Å². The molecular formula is C14H16N2O. The molecule has 3 nitrogen and oxygen atoms in total. The molecule has 0 aliphatic heterocycles. The van der Waals surface area contributed by atoms with Crippen molar-refractivity contribution in [3.05, 3.63) is 47.6 Å². The third kappa shape index (κ3) is 1.71. The van der Waals surface area contributed by atoms with Crippen LogP contribution in [-0.2, 0) is 11.3 Å². The zero-order valence-corrected chi connectivity index (χ0v) is 10.2. The fourth-order valence-corrected chi connectivity index (χ4v) is 2.71. The third-order valence-electron chi connectivity index (χ3n) is 3.76. The molecule has 1 fully saturated rings. The van der Waals surface area contributed by atoms with Crippen molar-refractivity contribution in [2.45, 2.75) is 32.5 Å². The summed E-state index contributed by atoms with van der Waals surface area (Å²) in [7, 11) is 0. The van der Waals surface area contributed by atoms with Gasteiger partial charge in [0.2, 0.25) is 0 Å². The van der Waals surface area contributed by atoms with Crippen LogP contribution in [0.4, 0.5) is 0 Å². The van der Waals surface area contributed by atoms with E-state index in [1.54, 1.807) is 18.6 Å². The molecule has 0 spiro atoms. The first-order chi connectivity index (χ1) is 8.20. The zero-order valence-electron chi connectivity index (χ0n) is 10.2. The maximum absolute atomic E-state index is 6.09. The normalized spacial score (nSPS) is 30.4. The Balaban J connectivity index is 1.72. The molecule has 0 aromatic carbocycles. The van der Waals surface area contributed by atoms with Gasteiger partial charge in [-0.1, -0.05) is 24.1 Å². The van der Waals surface area contributed by atoms with Crippen molar-refractivity contribution in [3.8, 4) is 0 Å². The second-order valence-electron chi connectivity index (χ2n) is 4.95. The minimum absolute atomic E-state index is 0.0916. The smallest absolute Gasteiger partial charge is 0.0972 e. The van der Waals surface area contributed by atoms with Gasteiger partial charge >= 0.3 is 0 Å². The monoisotopic (exact) mass is 228 g/mol. The van der Waals surface area contributed by atoms with E-state index >= 15 is 0 Å².